The van der Waals surface area contributed by atoms with Gasteiger partial charge in [-0.05, 0) is 17.7 Å². The highest BCUT2D eigenvalue weighted by molar-refractivity contribution is 6.42. The molecule has 23 heavy (non-hydrogen) atoms. The van der Waals surface area contributed by atoms with Crippen molar-refractivity contribution in [3.05, 3.63) is 50.7 Å². The van der Waals surface area contributed by atoms with E-state index in [0.29, 0.717) is 34.8 Å². The minimum absolute atomic E-state index is 0.205. The number of hydrogen-bond acceptors (Lipinski definition) is 3. The second-order valence-electron chi connectivity index (χ2n) is 5.28. The first-order valence-corrected chi connectivity index (χ1v) is 8.14. The number of aryl methyl sites for hydroxylation is 1. The van der Waals surface area contributed by atoms with E-state index in [2.05, 4.69) is 5.10 Å². The van der Waals surface area contributed by atoms with Crippen molar-refractivity contribution in [1.29, 1.82) is 0 Å². The SMILES string of the molecule is Cn1cc(Cl)c(C(=O)N2CCO[C@@H](c3ccc(Cl)c(Cl)c3)C2)n1. The summed E-state index contributed by atoms with van der Waals surface area (Å²) in [5.74, 6) is -0.205. The zero-order valence-electron chi connectivity index (χ0n) is 12.3. The highest BCUT2D eigenvalue weighted by Crippen LogP contribution is 2.29. The Morgan fingerprint density at radius 2 is 2.04 bits per heavy atom. The van der Waals surface area contributed by atoms with Crippen LogP contribution in [-0.4, -0.2) is 40.3 Å². The summed E-state index contributed by atoms with van der Waals surface area (Å²) in [6.45, 7) is 1.33. The van der Waals surface area contributed by atoms with Gasteiger partial charge >= 0.3 is 0 Å². The fourth-order valence-corrected chi connectivity index (χ4v) is 3.07. The van der Waals surface area contributed by atoms with Crippen LogP contribution < -0.4 is 0 Å². The van der Waals surface area contributed by atoms with Crippen molar-refractivity contribution in [3.63, 3.8) is 0 Å². The molecule has 1 aromatic heterocycles. The lowest BCUT2D eigenvalue weighted by Gasteiger charge is -2.33. The monoisotopic (exact) mass is 373 g/mol. The molecule has 0 aliphatic carbocycles. The highest BCUT2D eigenvalue weighted by Gasteiger charge is 2.29. The van der Waals surface area contributed by atoms with E-state index >= 15 is 0 Å². The van der Waals surface area contributed by atoms with Gasteiger partial charge in [0, 0.05) is 19.8 Å². The molecule has 0 unspecified atom stereocenters. The lowest BCUT2D eigenvalue weighted by Crippen LogP contribution is -2.42. The Bertz CT molecular complexity index is 748. The number of morpholine rings is 1. The van der Waals surface area contributed by atoms with Gasteiger partial charge in [0.25, 0.3) is 5.91 Å². The zero-order chi connectivity index (χ0) is 16.6. The molecule has 8 heteroatoms. The third kappa shape index (κ3) is 3.48. The summed E-state index contributed by atoms with van der Waals surface area (Å²) in [7, 11) is 1.72. The van der Waals surface area contributed by atoms with Crippen LogP contribution in [0.4, 0.5) is 0 Å². The van der Waals surface area contributed by atoms with E-state index in [9.17, 15) is 4.79 Å². The van der Waals surface area contributed by atoms with Crippen molar-refractivity contribution in [1.82, 2.24) is 14.7 Å². The number of amides is 1. The van der Waals surface area contributed by atoms with Gasteiger partial charge in [0.15, 0.2) is 5.69 Å². The summed E-state index contributed by atoms with van der Waals surface area (Å²) >= 11 is 18.0. The molecular formula is C15H14Cl3N3O2. The van der Waals surface area contributed by atoms with E-state index in [1.54, 1.807) is 30.3 Å². The van der Waals surface area contributed by atoms with E-state index in [4.69, 9.17) is 39.5 Å². The molecule has 0 N–H and O–H groups in total. The first-order chi connectivity index (χ1) is 11.0. The fourth-order valence-electron chi connectivity index (χ4n) is 2.50. The van der Waals surface area contributed by atoms with Gasteiger partial charge in [0.1, 0.15) is 6.10 Å². The van der Waals surface area contributed by atoms with Crippen LogP contribution in [0.15, 0.2) is 24.4 Å². The maximum absolute atomic E-state index is 12.6. The molecule has 0 saturated carbocycles. The van der Waals surface area contributed by atoms with Gasteiger partial charge < -0.3 is 9.64 Å². The summed E-state index contributed by atoms with van der Waals surface area (Å²) in [4.78, 5) is 14.3. The van der Waals surface area contributed by atoms with Gasteiger partial charge in [0.05, 0.1) is 28.2 Å². The Morgan fingerprint density at radius 1 is 1.26 bits per heavy atom. The summed E-state index contributed by atoms with van der Waals surface area (Å²) in [5, 5.41) is 5.41. The molecule has 0 spiro atoms. The molecule has 0 bridgehead atoms. The lowest BCUT2D eigenvalue weighted by molar-refractivity contribution is -0.0230. The third-order valence-corrected chi connectivity index (χ3v) is 4.67. The fraction of sp³-hybridized carbons (Fsp3) is 0.333. The number of benzene rings is 1. The van der Waals surface area contributed by atoms with Crippen molar-refractivity contribution >= 4 is 40.7 Å². The Balaban J connectivity index is 1.79. The normalized spacial score (nSPS) is 18.3. The van der Waals surface area contributed by atoms with Crippen molar-refractivity contribution < 1.29 is 9.53 Å². The molecule has 1 saturated heterocycles. The number of nitrogens with zero attached hydrogens (tertiary/aromatic N) is 3. The maximum Gasteiger partial charge on any atom is 0.276 e. The van der Waals surface area contributed by atoms with Crippen molar-refractivity contribution in [2.45, 2.75) is 6.10 Å². The summed E-state index contributed by atoms with van der Waals surface area (Å²) in [6.07, 6.45) is 1.34. The standard InChI is InChI=1S/C15H14Cl3N3O2/c1-20-7-12(18)14(19-20)15(22)21-4-5-23-13(8-21)9-2-3-10(16)11(17)6-9/h2-3,6-7,13H,4-5,8H2,1H3/t13-/m1/s1. The molecule has 1 aliphatic rings. The predicted molar refractivity (Wildman–Crippen MR) is 89.3 cm³/mol. The van der Waals surface area contributed by atoms with Crippen LogP contribution in [0.5, 0.6) is 0 Å². The number of halogens is 3. The number of rotatable bonds is 2. The minimum atomic E-state index is -0.259. The lowest BCUT2D eigenvalue weighted by atomic mass is 10.1. The summed E-state index contributed by atoms with van der Waals surface area (Å²) in [5.41, 5.74) is 1.13. The average molecular weight is 375 g/mol. The van der Waals surface area contributed by atoms with E-state index in [-0.39, 0.29) is 17.7 Å². The predicted octanol–water partition coefficient (Wildman–Crippen LogP) is 3.59. The van der Waals surface area contributed by atoms with Gasteiger partial charge in [-0.3, -0.25) is 9.48 Å². The number of ether oxygens (including phenoxy) is 1. The van der Waals surface area contributed by atoms with Crippen molar-refractivity contribution in [3.8, 4) is 0 Å². The molecule has 5 nitrogen and oxygen atoms in total. The van der Waals surface area contributed by atoms with Gasteiger partial charge in [-0.25, -0.2) is 0 Å². The first-order valence-electron chi connectivity index (χ1n) is 7.00. The molecule has 0 radical (unpaired) electrons. The topological polar surface area (TPSA) is 47.4 Å². The number of aromatic nitrogens is 2. The second-order valence-corrected chi connectivity index (χ2v) is 6.51. The number of hydrogen-bond donors (Lipinski definition) is 0. The Kier molecular flexibility index (Phi) is 4.82. The summed E-state index contributed by atoms with van der Waals surface area (Å²) in [6, 6.07) is 5.33. The second kappa shape index (κ2) is 6.69. The van der Waals surface area contributed by atoms with Gasteiger partial charge in [-0.2, -0.15) is 5.10 Å². The van der Waals surface area contributed by atoms with Crippen LogP contribution >= 0.6 is 34.8 Å². The Hall–Kier alpha value is -1.27. The van der Waals surface area contributed by atoms with Crippen molar-refractivity contribution in [2.75, 3.05) is 19.7 Å². The number of carbonyl (C=O) groups excluding carboxylic acids is 1. The van der Waals surface area contributed by atoms with Crippen LogP contribution in [-0.2, 0) is 11.8 Å². The molecule has 1 amide bonds. The number of carbonyl (C=O) groups is 1. The Labute approximate surface area is 148 Å². The molecule has 3 rings (SSSR count). The van der Waals surface area contributed by atoms with Gasteiger partial charge in [-0.15, -0.1) is 0 Å². The van der Waals surface area contributed by atoms with Crippen LogP contribution in [0.25, 0.3) is 0 Å². The molecule has 1 aromatic carbocycles. The van der Waals surface area contributed by atoms with Gasteiger partial charge in [-0.1, -0.05) is 40.9 Å². The van der Waals surface area contributed by atoms with Crippen LogP contribution in [0, 0.1) is 0 Å². The van der Waals surface area contributed by atoms with E-state index < -0.39 is 0 Å². The van der Waals surface area contributed by atoms with Gasteiger partial charge in [0.2, 0.25) is 0 Å². The van der Waals surface area contributed by atoms with Crippen LogP contribution in [0.2, 0.25) is 15.1 Å². The smallest absolute Gasteiger partial charge is 0.276 e. The highest BCUT2D eigenvalue weighted by atomic mass is 35.5. The molecular weight excluding hydrogens is 361 g/mol. The Morgan fingerprint density at radius 3 is 2.70 bits per heavy atom. The molecule has 1 atom stereocenters. The zero-order valence-corrected chi connectivity index (χ0v) is 14.6. The first kappa shape index (κ1) is 16.6. The maximum atomic E-state index is 12.6. The van der Waals surface area contributed by atoms with E-state index in [1.165, 1.54) is 4.68 Å². The molecule has 1 aliphatic heterocycles. The largest absolute Gasteiger partial charge is 0.370 e. The molecule has 1 fully saturated rings. The molecule has 122 valence electrons. The van der Waals surface area contributed by atoms with E-state index in [0.717, 1.165) is 5.56 Å². The van der Waals surface area contributed by atoms with Crippen molar-refractivity contribution in [2.24, 2.45) is 7.05 Å². The quantitative estimate of drug-likeness (QED) is 0.807. The van der Waals surface area contributed by atoms with E-state index in [1.807, 2.05) is 6.07 Å². The third-order valence-electron chi connectivity index (χ3n) is 3.66. The molecule has 2 heterocycles. The minimum Gasteiger partial charge on any atom is -0.370 e. The average Bonchev–Trinajstić information content (AvgIpc) is 2.88. The van der Waals surface area contributed by atoms with Crippen LogP contribution in [0.3, 0.4) is 0 Å². The van der Waals surface area contributed by atoms with Crippen LogP contribution in [0.1, 0.15) is 22.2 Å². The molecule has 2 aromatic rings. The summed E-state index contributed by atoms with van der Waals surface area (Å²) < 4.78 is 7.28.